The molecular weight excluding hydrogens is 308 g/mol. The smallest absolute Gasteiger partial charge is 0.176 e. The number of fused-ring (bicyclic) bond motifs is 1. The molecule has 0 fully saturated rings. The highest BCUT2D eigenvalue weighted by Gasteiger charge is 2.26. The summed E-state index contributed by atoms with van der Waals surface area (Å²) in [6, 6.07) is 12.4. The van der Waals surface area contributed by atoms with Crippen LogP contribution in [0.1, 0.15) is 27.2 Å². The maximum atomic E-state index is 12.4. The second kappa shape index (κ2) is 4.98. The van der Waals surface area contributed by atoms with Gasteiger partial charge in [0.05, 0.1) is 8.66 Å². The monoisotopic (exact) mass is 320 g/mol. The van der Waals surface area contributed by atoms with Crippen LogP contribution in [0.25, 0.3) is 0 Å². The summed E-state index contributed by atoms with van der Waals surface area (Å²) in [5.41, 5.74) is 2.76. The van der Waals surface area contributed by atoms with E-state index in [4.69, 9.17) is 0 Å². The molecule has 1 aromatic carbocycles. The van der Waals surface area contributed by atoms with Crippen LogP contribution in [0.4, 0.5) is 0 Å². The van der Waals surface area contributed by atoms with Crippen LogP contribution in [0.3, 0.4) is 0 Å². The molecular formula is C15H13BrOS. The Morgan fingerprint density at radius 2 is 1.94 bits per heavy atom. The molecule has 92 valence electrons. The van der Waals surface area contributed by atoms with Gasteiger partial charge in [0.2, 0.25) is 0 Å². The summed E-state index contributed by atoms with van der Waals surface area (Å²) in [4.78, 5) is 13.3. The van der Waals surface area contributed by atoms with E-state index in [9.17, 15) is 4.79 Å². The summed E-state index contributed by atoms with van der Waals surface area (Å²) >= 11 is 4.95. The Morgan fingerprint density at radius 1 is 1.17 bits per heavy atom. The topological polar surface area (TPSA) is 17.1 Å². The molecule has 1 aliphatic carbocycles. The van der Waals surface area contributed by atoms with Gasteiger partial charge in [0.1, 0.15) is 0 Å². The van der Waals surface area contributed by atoms with E-state index >= 15 is 0 Å². The molecule has 3 heteroatoms. The Morgan fingerprint density at radius 3 is 2.67 bits per heavy atom. The van der Waals surface area contributed by atoms with Crippen molar-refractivity contribution < 1.29 is 4.79 Å². The van der Waals surface area contributed by atoms with E-state index in [1.165, 1.54) is 22.5 Å². The quantitative estimate of drug-likeness (QED) is 0.745. The Hall–Kier alpha value is -0.930. The van der Waals surface area contributed by atoms with Crippen molar-refractivity contribution in [2.24, 2.45) is 5.92 Å². The van der Waals surface area contributed by atoms with Crippen LogP contribution in [0.2, 0.25) is 0 Å². The summed E-state index contributed by atoms with van der Waals surface area (Å²) in [7, 11) is 0. The molecule has 1 nitrogen and oxygen atoms in total. The van der Waals surface area contributed by atoms with Gasteiger partial charge in [-0.3, -0.25) is 4.79 Å². The number of thiophene rings is 1. The molecule has 1 heterocycles. The number of benzene rings is 1. The second-order valence-corrected chi connectivity index (χ2v) is 7.14. The summed E-state index contributed by atoms with van der Waals surface area (Å²) in [5, 5.41) is 0. The van der Waals surface area contributed by atoms with Crippen LogP contribution in [-0.2, 0) is 12.8 Å². The molecule has 0 aliphatic heterocycles. The molecule has 0 saturated carbocycles. The van der Waals surface area contributed by atoms with Crippen molar-refractivity contribution in [2.75, 3.05) is 0 Å². The average Bonchev–Trinajstić information content (AvgIpc) is 2.84. The van der Waals surface area contributed by atoms with Crippen LogP contribution in [0, 0.1) is 5.92 Å². The predicted molar refractivity (Wildman–Crippen MR) is 78.3 cm³/mol. The first kappa shape index (κ1) is 12.1. The van der Waals surface area contributed by atoms with Gasteiger partial charge in [-0.15, -0.1) is 11.3 Å². The lowest BCUT2D eigenvalue weighted by atomic mass is 9.81. The zero-order valence-corrected chi connectivity index (χ0v) is 12.3. The van der Waals surface area contributed by atoms with Gasteiger partial charge in [0.25, 0.3) is 0 Å². The molecule has 1 unspecified atom stereocenters. The molecule has 0 bridgehead atoms. The molecule has 0 saturated heterocycles. The van der Waals surface area contributed by atoms with Crippen molar-refractivity contribution in [3.05, 3.63) is 56.2 Å². The van der Waals surface area contributed by atoms with Crippen molar-refractivity contribution >= 4 is 33.0 Å². The Labute approximate surface area is 119 Å². The van der Waals surface area contributed by atoms with Crippen LogP contribution < -0.4 is 0 Å². The number of ketones is 1. The highest BCUT2D eigenvalue weighted by Crippen LogP contribution is 2.31. The number of hydrogen-bond donors (Lipinski definition) is 0. The van der Waals surface area contributed by atoms with Crippen molar-refractivity contribution in [1.29, 1.82) is 0 Å². The van der Waals surface area contributed by atoms with Gasteiger partial charge in [0, 0.05) is 5.92 Å². The highest BCUT2D eigenvalue weighted by atomic mass is 79.9. The van der Waals surface area contributed by atoms with Crippen molar-refractivity contribution in [1.82, 2.24) is 0 Å². The third kappa shape index (κ3) is 2.29. The van der Waals surface area contributed by atoms with Gasteiger partial charge in [-0.25, -0.2) is 0 Å². The number of hydrogen-bond acceptors (Lipinski definition) is 2. The molecule has 0 N–H and O–H groups in total. The second-order valence-electron chi connectivity index (χ2n) is 4.68. The first-order valence-corrected chi connectivity index (χ1v) is 7.71. The lowest BCUT2D eigenvalue weighted by molar-refractivity contribution is 0.0913. The first-order valence-electron chi connectivity index (χ1n) is 6.10. The van der Waals surface area contributed by atoms with Crippen LogP contribution in [0.5, 0.6) is 0 Å². The summed E-state index contributed by atoms with van der Waals surface area (Å²) in [6.07, 6.45) is 2.90. The summed E-state index contributed by atoms with van der Waals surface area (Å²) in [5.74, 6) is 0.464. The molecule has 1 aromatic heterocycles. The zero-order valence-electron chi connectivity index (χ0n) is 9.86. The van der Waals surface area contributed by atoms with E-state index in [-0.39, 0.29) is 5.92 Å². The highest BCUT2D eigenvalue weighted by molar-refractivity contribution is 9.11. The first-order chi connectivity index (χ1) is 8.74. The van der Waals surface area contributed by atoms with Crippen molar-refractivity contribution in [2.45, 2.75) is 19.3 Å². The van der Waals surface area contributed by atoms with E-state index in [0.29, 0.717) is 5.78 Å². The summed E-state index contributed by atoms with van der Waals surface area (Å²) in [6.45, 7) is 0. The standard InChI is InChI=1S/C15H13BrOS/c16-14-8-7-13(18-14)15(17)12-6-5-10-3-1-2-4-11(10)9-12/h1-4,7-8,12H,5-6,9H2. The Bertz CT molecular complexity index is 588. The van der Waals surface area contributed by atoms with Crippen LogP contribution in [0.15, 0.2) is 40.2 Å². The van der Waals surface area contributed by atoms with Gasteiger partial charge in [-0.1, -0.05) is 24.3 Å². The van der Waals surface area contributed by atoms with Gasteiger partial charge in [-0.2, -0.15) is 0 Å². The molecule has 1 aliphatic rings. The van der Waals surface area contributed by atoms with E-state index in [1.54, 1.807) is 0 Å². The summed E-state index contributed by atoms with van der Waals surface area (Å²) < 4.78 is 1.03. The number of aryl methyl sites for hydroxylation is 1. The van der Waals surface area contributed by atoms with E-state index < -0.39 is 0 Å². The van der Waals surface area contributed by atoms with Gasteiger partial charge < -0.3 is 0 Å². The normalized spacial score (nSPS) is 18.4. The van der Waals surface area contributed by atoms with Crippen LogP contribution in [-0.4, -0.2) is 5.78 Å². The molecule has 2 aromatic rings. The fourth-order valence-corrected chi connectivity index (χ4v) is 3.97. The molecule has 0 amide bonds. The Kier molecular flexibility index (Phi) is 3.35. The van der Waals surface area contributed by atoms with Crippen LogP contribution >= 0.6 is 27.3 Å². The fourth-order valence-electron chi connectivity index (χ4n) is 2.57. The Balaban J connectivity index is 1.82. The number of carbonyl (C=O) groups excluding carboxylic acids is 1. The molecule has 0 radical (unpaired) electrons. The van der Waals surface area contributed by atoms with Gasteiger partial charge >= 0.3 is 0 Å². The van der Waals surface area contributed by atoms with Crippen molar-refractivity contribution in [3.8, 4) is 0 Å². The molecule has 0 spiro atoms. The third-order valence-electron chi connectivity index (χ3n) is 3.53. The third-order valence-corrected chi connectivity index (χ3v) is 5.17. The van der Waals surface area contributed by atoms with Gasteiger partial charge in [-0.05, 0) is 58.5 Å². The number of halogens is 1. The number of rotatable bonds is 2. The van der Waals surface area contributed by atoms with Crippen molar-refractivity contribution in [3.63, 3.8) is 0 Å². The lowest BCUT2D eigenvalue weighted by Crippen LogP contribution is -2.22. The SMILES string of the molecule is O=C(c1ccc(Br)s1)C1CCc2ccccc2C1. The average molecular weight is 321 g/mol. The maximum absolute atomic E-state index is 12.4. The molecule has 1 atom stereocenters. The minimum atomic E-state index is 0.158. The maximum Gasteiger partial charge on any atom is 0.176 e. The largest absolute Gasteiger partial charge is 0.293 e. The predicted octanol–water partition coefficient (Wildman–Crippen LogP) is 4.50. The van der Waals surface area contributed by atoms with E-state index in [1.807, 2.05) is 12.1 Å². The fraction of sp³-hybridized carbons (Fsp3) is 0.267. The lowest BCUT2D eigenvalue weighted by Gasteiger charge is -2.23. The molecule has 18 heavy (non-hydrogen) atoms. The zero-order chi connectivity index (χ0) is 12.5. The minimum Gasteiger partial charge on any atom is -0.293 e. The molecule has 3 rings (SSSR count). The number of carbonyl (C=O) groups is 1. The van der Waals surface area contributed by atoms with E-state index in [2.05, 4.69) is 40.2 Å². The van der Waals surface area contributed by atoms with E-state index in [0.717, 1.165) is 27.9 Å². The number of Topliss-reactive ketones (excluding diaryl/α,β-unsaturated/α-hetero) is 1. The van der Waals surface area contributed by atoms with Gasteiger partial charge in [0.15, 0.2) is 5.78 Å². The minimum absolute atomic E-state index is 0.158.